The zero-order chi connectivity index (χ0) is 20.3. The summed E-state index contributed by atoms with van der Waals surface area (Å²) in [5.41, 5.74) is 2.23. The molecule has 2 aromatic rings. The fourth-order valence-corrected chi connectivity index (χ4v) is 3.57. The van der Waals surface area contributed by atoms with Gasteiger partial charge in [0.2, 0.25) is 0 Å². The Kier molecular flexibility index (Phi) is 5.96. The molecule has 1 aromatic carbocycles. The third-order valence-electron chi connectivity index (χ3n) is 4.84. The van der Waals surface area contributed by atoms with Gasteiger partial charge in [0.05, 0.1) is 19.1 Å². The van der Waals surface area contributed by atoms with Crippen molar-refractivity contribution in [2.24, 2.45) is 5.92 Å². The minimum Gasteiger partial charge on any atom is -0.467 e. The Morgan fingerprint density at radius 2 is 2.21 bits per heavy atom. The molecule has 1 aliphatic rings. The molecule has 0 radical (unpaired) electrons. The van der Waals surface area contributed by atoms with Crippen molar-refractivity contribution in [1.29, 1.82) is 0 Å². The van der Waals surface area contributed by atoms with E-state index in [4.69, 9.17) is 4.74 Å². The fourth-order valence-electron chi connectivity index (χ4n) is 3.57. The average Bonchev–Trinajstić information content (AvgIpc) is 3.14. The number of aromatic nitrogens is 2. The van der Waals surface area contributed by atoms with Crippen LogP contribution in [0.15, 0.2) is 30.6 Å². The normalized spacial score (nSPS) is 17.2. The van der Waals surface area contributed by atoms with E-state index in [0.717, 1.165) is 5.69 Å². The van der Waals surface area contributed by atoms with E-state index in [9.17, 15) is 14.0 Å². The molecule has 1 aliphatic heterocycles. The Morgan fingerprint density at radius 1 is 1.43 bits per heavy atom. The van der Waals surface area contributed by atoms with Gasteiger partial charge in [0.1, 0.15) is 17.9 Å². The second-order valence-electron chi connectivity index (χ2n) is 7.32. The second-order valence-corrected chi connectivity index (χ2v) is 7.32. The van der Waals surface area contributed by atoms with Crippen molar-refractivity contribution in [2.45, 2.75) is 38.8 Å². The van der Waals surface area contributed by atoms with Crippen LogP contribution in [-0.2, 0) is 16.0 Å². The molecule has 7 nitrogen and oxygen atoms in total. The molecule has 0 spiro atoms. The number of imidazole rings is 1. The van der Waals surface area contributed by atoms with E-state index in [1.165, 1.54) is 19.2 Å². The number of urea groups is 1. The third kappa shape index (κ3) is 4.16. The van der Waals surface area contributed by atoms with Crippen LogP contribution in [0, 0.1) is 11.7 Å². The number of amides is 2. The van der Waals surface area contributed by atoms with Crippen molar-refractivity contribution in [2.75, 3.05) is 13.7 Å². The highest BCUT2D eigenvalue weighted by atomic mass is 19.1. The van der Waals surface area contributed by atoms with Crippen molar-refractivity contribution in [3.05, 3.63) is 53.4 Å². The number of hydrogen-bond donors (Lipinski definition) is 2. The molecule has 28 heavy (non-hydrogen) atoms. The number of rotatable bonds is 5. The molecule has 0 saturated carbocycles. The van der Waals surface area contributed by atoms with Crippen LogP contribution < -0.4 is 5.32 Å². The zero-order valence-corrected chi connectivity index (χ0v) is 16.2. The standard InChI is InChI=1S/C20H25FN4O3/c1-12(2)9-16(19(26)28-3)24-20(27)25-8-7-15-17(23-11-22-15)18(25)13-5-4-6-14(21)10-13/h4-6,10-12,16,18H,7-9H2,1-3H3,(H,22,23)(H,24,27). The minimum atomic E-state index is -0.744. The van der Waals surface area contributed by atoms with Crippen LogP contribution in [0.2, 0.25) is 0 Å². The summed E-state index contributed by atoms with van der Waals surface area (Å²) < 4.78 is 18.7. The van der Waals surface area contributed by atoms with E-state index in [-0.39, 0.29) is 11.7 Å². The van der Waals surface area contributed by atoms with Crippen LogP contribution in [0.5, 0.6) is 0 Å². The Bertz CT molecular complexity index is 851. The molecule has 8 heteroatoms. The lowest BCUT2D eigenvalue weighted by atomic mass is 9.96. The van der Waals surface area contributed by atoms with Gasteiger partial charge in [0.15, 0.2) is 0 Å². The lowest BCUT2D eigenvalue weighted by molar-refractivity contribution is -0.143. The fraction of sp³-hybridized carbons (Fsp3) is 0.450. The van der Waals surface area contributed by atoms with Gasteiger partial charge in [-0.05, 0) is 30.0 Å². The van der Waals surface area contributed by atoms with E-state index in [0.29, 0.717) is 30.6 Å². The lowest BCUT2D eigenvalue weighted by Gasteiger charge is -2.36. The molecule has 0 fully saturated rings. The van der Waals surface area contributed by atoms with E-state index in [2.05, 4.69) is 15.3 Å². The smallest absolute Gasteiger partial charge is 0.328 e. The first-order valence-corrected chi connectivity index (χ1v) is 9.33. The summed E-state index contributed by atoms with van der Waals surface area (Å²) >= 11 is 0. The molecule has 0 saturated heterocycles. The van der Waals surface area contributed by atoms with Gasteiger partial charge < -0.3 is 19.9 Å². The first-order valence-electron chi connectivity index (χ1n) is 9.33. The van der Waals surface area contributed by atoms with E-state index in [1.54, 1.807) is 23.4 Å². The number of aromatic amines is 1. The molecule has 1 aromatic heterocycles. The maximum absolute atomic E-state index is 13.8. The molecule has 0 aliphatic carbocycles. The molecular formula is C20H25FN4O3. The van der Waals surface area contributed by atoms with Crippen LogP contribution in [0.4, 0.5) is 9.18 Å². The van der Waals surface area contributed by atoms with Crippen LogP contribution in [0.3, 0.4) is 0 Å². The van der Waals surface area contributed by atoms with Crippen LogP contribution in [0.25, 0.3) is 0 Å². The predicted molar refractivity (Wildman–Crippen MR) is 101 cm³/mol. The summed E-state index contributed by atoms with van der Waals surface area (Å²) in [5, 5.41) is 2.79. The lowest BCUT2D eigenvalue weighted by Crippen LogP contribution is -2.51. The van der Waals surface area contributed by atoms with Crippen molar-refractivity contribution in [3.8, 4) is 0 Å². The number of hydrogen-bond acceptors (Lipinski definition) is 4. The molecule has 2 unspecified atom stereocenters. The number of fused-ring (bicyclic) bond motifs is 1. The molecule has 2 amide bonds. The highest BCUT2D eigenvalue weighted by Gasteiger charge is 2.36. The topological polar surface area (TPSA) is 87.3 Å². The van der Waals surface area contributed by atoms with Gasteiger partial charge >= 0.3 is 12.0 Å². The number of esters is 1. The molecule has 0 bridgehead atoms. The summed E-state index contributed by atoms with van der Waals surface area (Å²) in [5.74, 6) is -0.669. The number of carbonyl (C=O) groups excluding carboxylic acids is 2. The van der Waals surface area contributed by atoms with Gasteiger partial charge in [-0.3, -0.25) is 0 Å². The van der Waals surface area contributed by atoms with Crippen molar-refractivity contribution < 1.29 is 18.7 Å². The summed E-state index contributed by atoms with van der Waals surface area (Å²) in [7, 11) is 1.30. The molecule has 150 valence electrons. The van der Waals surface area contributed by atoms with Crippen molar-refractivity contribution in [1.82, 2.24) is 20.2 Å². The first kappa shape index (κ1) is 19.9. The monoisotopic (exact) mass is 388 g/mol. The van der Waals surface area contributed by atoms with Gasteiger partial charge in [0.25, 0.3) is 0 Å². The number of nitrogens with zero attached hydrogens (tertiary/aromatic N) is 2. The quantitative estimate of drug-likeness (QED) is 0.771. The second kappa shape index (κ2) is 8.41. The van der Waals surface area contributed by atoms with Gasteiger partial charge in [-0.15, -0.1) is 0 Å². The van der Waals surface area contributed by atoms with Crippen LogP contribution in [-0.4, -0.2) is 46.6 Å². The summed E-state index contributed by atoms with van der Waals surface area (Å²) in [6, 6.07) is 4.45. The van der Waals surface area contributed by atoms with E-state index in [1.807, 2.05) is 13.8 Å². The Hall–Kier alpha value is -2.90. The molecular weight excluding hydrogens is 363 g/mol. The zero-order valence-electron chi connectivity index (χ0n) is 16.2. The predicted octanol–water partition coefficient (Wildman–Crippen LogP) is 2.79. The summed E-state index contributed by atoms with van der Waals surface area (Å²) in [6.45, 7) is 4.35. The average molecular weight is 388 g/mol. The number of halogens is 1. The minimum absolute atomic E-state index is 0.197. The number of benzene rings is 1. The maximum Gasteiger partial charge on any atom is 0.328 e. The number of ether oxygens (including phenoxy) is 1. The van der Waals surface area contributed by atoms with Crippen molar-refractivity contribution in [3.63, 3.8) is 0 Å². The van der Waals surface area contributed by atoms with E-state index >= 15 is 0 Å². The SMILES string of the molecule is COC(=O)C(CC(C)C)NC(=O)N1CCc2[nH]cnc2C1c1cccc(F)c1. The Morgan fingerprint density at radius 3 is 2.89 bits per heavy atom. The molecule has 2 N–H and O–H groups in total. The van der Waals surface area contributed by atoms with Gasteiger partial charge in [-0.25, -0.2) is 19.0 Å². The number of nitrogens with one attached hydrogen (secondary N) is 2. The van der Waals surface area contributed by atoms with Crippen LogP contribution in [0.1, 0.15) is 43.3 Å². The summed E-state index contributed by atoms with van der Waals surface area (Å²) in [6.07, 6.45) is 2.64. The van der Waals surface area contributed by atoms with Gasteiger partial charge in [0, 0.05) is 18.7 Å². The third-order valence-corrected chi connectivity index (χ3v) is 4.84. The molecule has 2 atom stereocenters. The van der Waals surface area contributed by atoms with E-state index < -0.39 is 24.1 Å². The largest absolute Gasteiger partial charge is 0.467 e. The molecule has 3 rings (SSSR count). The number of methoxy groups -OCH3 is 1. The Balaban J connectivity index is 1.90. The Labute approximate surface area is 163 Å². The highest BCUT2D eigenvalue weighted by molar-refractivity contribution is 5.84. The highest BCUT2D eigenvalue weighted by Crippen LogP contribution is 2.33. The van der Waals surface area contributed by atoms with Crippen molar-refractivity contribution >= 4 is 12.0 Å². The number of carbonyl (C=O) groups is 2. The number of H-pyrrole nitrogens is 1. The van der Waals surface area contributed by atoms with Gasteiger partial charge in [-0.2, -0.15) is 0 Å². The maximum atomic E-state index is 13.8. The molecule has 2 heterocycles. The first-order chi connectivity index (χ1) is 13.4. The summed E-state index contributed by atoms with van der Waals surface area (Å²) in [4.78, 5) is 34.2. The van der Waals surface area contributed by atoms with Gasteiger partial charge in [-0.1, -0.05) is 26.0 Å². The van der Waals surface area contributed by atoms with Crippen LogP contribution >= 0.6 is 0 Å².